The van der Waals surface area contributed by atoms with Crippen LogP contribution in [0.2, 0.25) is 0 Å². The van der Waals surface area contributed by atoms with Gasteiger partial charge in [-0.05, 0) is 25.1 Å². The first-order valence-electron chi connectivity index (χ1n) is 6.63. The molecule has 0 N–H and O–H groups in total. The molecule has 16 heavy (non-hydrogen) atoms. The number of nitrogens with zero attached hydrogens (tertiary/aromatic N) is 1. The monoisotopic (exact) mass is 221 g/mol. The normalized spacial score (nSPS) is 9.81. The molecule has 92 valence electrons. The van der Waals surface area contributed by atoms with Crippen molar-refractivity contribution in [1.82, 2.24) is 4.90 Å². The van der Waals surface area contributed by atoms with Gasteiger partial charge in [-0.15, -0.1) is 0 Å². The predicted octanol–water partition coefficient (Wildman–Crippen LogP) is 4.33. The Morgan fingerprint density at radius 1 is 1.00 bits per heavy atom. The quantitative estimate of drug-likeness (QED) is 0.691. The van der Waals surface area contributed by atoms with Gasteiger partial charge in [-0.1, -0.05) is 64.4 Å². The number of rotatable bonds is 6. The molecule has 0 saturated carbocycles. The summed E-state index contributed by atoms with van der Waals surface area (Å²) in [7, 11) is 0. The summed E-state index contributed by atoms with van der Waals surface area (Å²) >= 11 is 0. The van der Waals surface area contributed by atoms with Crippen molar-refractivity contribution in [3.63, 3.8) is 0 Å². The maximum absolute atomic E-state index is 2.50. The van der Waals surface area contributed by atoms with Crippen LogP contribution in [0.15, 0.2) is 30.3 Å². The second-order valence-electron chi connectivity index (χ2n) is 3.71. The average molecular weight is 221 g/mol. The van der Waals surface area contributed by atoms with Crippen LogP contribution in [0, 0.1) is 0 Å². The van der Waals surface area contributed by atoms with Gasteiger partial charge < -0.3 is 0 Å². The lowest BCUT2D eigenvalue weighted by atomic mass is 10.2. The summed E-state index contributed by atoms with van der Waals surface area (Å²) in [4.78, 5) is 2.50. The van der Waals surface area contributed by atoms with Crippen LogP contribution < -0.4 is 0 Å². The van der Waals surface area contributed by atoms with Gasteiger partial charge in [0, 0.05) is 6.54 Å². The molecule has 0 aliphatic rings. The predicted molar refractivity (Wildman–Crippen MR) is 73.6 cm³/mol. The maximum Gasteiger partial charge on any atom is 0.0233 e. The van der Waals surface area contributed by atoms with Crippen molar-refractivity contribution in [2.24, 2.45) is 0 Å². The van der Waals surface area contributed by atoms with Crippen LogP contribution in [0.1, 0.15) is 46.1 Å². The molecule has 0 radical (unpaired) electrons. The van der Waals surface area contributed by atoms with E-state index in [1.807, 2.05) is 13.8 Å². The molecule has 1 heteroatoms. The van der Waals surface area contributed by atoms with E-state index in [0.29, 0.717) is 0 Å². The molecule has 0 aliphatic heterocycles. The lowest BCUT2D eigenvalue weighted by Gasteiger charge is -2.19. The van der Waals surface area contributed by atoms with Crippen LogP contribution >= 0.6 is 0 Å². The lowest BCUT2D eigenvalue weighted by Crippen LogP contribution is -2.23. The van der Waals surface area contributed by atoms with Crippen LogP contribution in [-0.2, 0) is 6.54 Å². The summed E-state index contributed by atoms with van der Waals surface area (Å²) < 4.78 is 0. The van der Waals surface area contributed by atoms with Crippen LogP contribution in [0.25, 0.3) is 0 Å². The molecule has 0 atom stereocenters. The van der Waals surface area contributed by atoms with Crippen LogP contribution in [-0.4, -0.2) is 18.0 Å². The first kappa shape index (κ1) is 15.2. The molecular formula is C15H27N. The Morgan fingerprint density at radius 2 is 1.62 bits per heavy atom. The zero-order chi connectivity index (χ0) is 12.2. The van der Waals surface area contributed by atoms with Crippen molar-refractivity contribution >= 4 is 0 Å². The van der Waals surface area contributed by atoms with Gasteiger partial charge in [0.1, 0.15) is 0 Å². The van der Waals surface area contributed by atoms with Crippen LogP contribution in [0.3, 0.4) is 0 Å². The van der Waals surface area contributed by atoms with E-state index in [0.717, 1.165) is 13.1 Å². The summed E-state index contributed by atoms with van der Waals surface area (Å²) in [6.45, 7) is 11.9. The minimum Gasteiger partial charge on any atom is -0.299 e. The number of unbranched alkanes of at least 4 members (excludes halogenated alkanes) is 1. The molecule has 0 amide bonds. The Kier molecular flexibility index (Phi) is 10.1. The van der Waals surface area contributed by atoms with Crippen molar-refractivity contribution in [2.45, 2.75) is 47.1 Å². The van der Waals surface area contributed by atoms with Gasteiger partial charge in [0.15, 0.2) is 0 Å². The van der Waals surface area contributed by atoms with E-state index >= 15 is 0 Å². The third-order valence-electron chi connectivity index (χ3n) is 2.52. The van der Waals surface area contributed by atoms with Crippen molar-refractivity contribution in [2.75, 3.05) is 13.1 Å². The number of hydrogen-bond acceptors (Lipinski definition) is 1. The van der Waals surface area contributed by atoms with Gasteiger partial charge in [0.05, 0.1) is 0 Å². The minimum absolute atomic E-state index is 1.09. The lowest BCUT2D eigenvalue weighted by molar-refractivity contribution is 0.275. The molecule has 1 nitrogen and oxygen atoms in total. The average Bonchev–Trinajstić information content (AvgIpc) is 2.38. The third-order valence-corrected chi connectivity index (χ3v) is 2.52. The topological polar surface area (TPSA) is 3.24 Å². The van der Waals surface area contributed by atoms with Gasteiger partial charge in [-0.2, -0.15) is 0 Å². The first-order chi connectivity index (χ1) is 7.86. The van der Waals surface area contributed by atoms with E-state index in [1.165, 1.54) is 24.9 Å². The SMILES string of the molecule is CC.CCCCN(CC)Cc1ccccc1. The summed E-state index contributed by atoms with van der Waals surface area (Å²) in [6.07, 6.45) is 2.59. The molecule has 0 bridgehead atoms. The van der Waals surface area contributed by atoms with E-state index in [-0.39, 0.29) is 0 Å². The zero-order valence-electron chi connectivity index (χ0n) is 11.4. The van der Waals surface area contributed by atoms with Gasteiger partial charge in [0.2, 0.25) is 0 Å². The molecule has 1 aromatic rings. The minimum atomic E-state index is 1.09. The Hall–Kier alpha value is -0.820. The second kappa shape index (κ2) is 10.7. The zero-order valence-corrected chi connectivity index (χ0v) is 11.4. The largest absolute Gasteiger partial charge is 0.299 e. The molecule has 1 rings (SSSR count). The third kappa shape index (κ3) is 6.62. The first-order valence-corrected chi connectivity index (χ1v) is 6.63. The highest BCUT2D eigenvalue weighted by Gasteiger charge is 2.01. The molecule has 0 heterocycles. The summed E-state index contributed by atoms with van der Waals surface area (Å²) in [5.41, 5.74) is 1.42. The Morgan fingerprint density at radius 3 is 2.12 bits per heavy atom. The van der Waals surface area contributed by atoms with Gasteiger partial charge in [-0.25, -0.2) is 0 Å². The molecule has 0 aromatic heterocycles. The van der Waals surface area contributed by atoms with E-state index < -0.39 is 0 Å². The van der Waals surface area contributed by atoms with Crippen molar-refractivity contribution in [1.29, 1.82) is 0 Å². The van der Waals surface area contributed by atoms with E-state index in [9.17, 15) is 0 Å². The highest BCUT2D eigenvalue weighted by atomic mass is 15.1. The van der Waals surface area contributed by atoms with Gasteiger partial charge in [0.25, 0.3) is 0 Å². The van der Waals surface area contributed by atoms with E-state index in [4.69, 9.17) is 0 Å². The van der Waals surface area contributed by atoms with Crippen LogP contribution in [0.5, 0.6) is 0 Å². The van der Waals surface area contributed by atoms with Crippen molar-refractivity contribution < 1.29 is 0 Å². The fraction of sp³-hybridized carbons (Fsp3) is 0.600. The smallest absolute Gasteiger partial charge is 0.0233 e. The molecule has 0 saturated heterocycles. The highest BCUT2D eigenvalue weighted by Crippen LogP contribution is 2.05. The molecule has 0 fully saturated rings. The summed E-state index contributed by atoms with van der Waals surface area (Å²) in [6, 6.07) is 10.7. The Balaban J connectivity index is 0.00000106. The van der Waals surface area contributed by atoms with E-state index in [2.05, 4.69) is 49.1 Å². The standard InChI is InChI=1S/C13H21N.C2H6/c1-3-5-11-14(4-2)12-13-9-7-6-8-10-13;1-2/h6-10H,3-5,11-12H2,1-2H3;1-2H3. The second-order valence-corrected chi connectivity index (χ2v) is 3.71. The summed E-state index contributed by atoms with van der Waals surface area (Å²) in [5, 5.41) is 0. The molecule has 0 spiro atoms. The molecule has 1 aromatic carbocycles. The van der Waals surface area contributed by atoms with Crippen LogP contribution in [0.4, 0.5) is 0 Å². The highest BCUT2D eigenvalue weighted by molar-refractivity contribution is 5.14. The number of benzene rings is 1. The number of hydrogen-bond donors (Lipinski definition) is 0. The Labute approximate surface area is 101 Å². The maximum atomic E-state index is 2.50. The fourth-order valence-corrected chi connectivity index (χ4v) is 1.57. The van der Waals surface area contributed by atoms with Crippen molar-refractivity contribution in [3.8, 4) is 0 Å². The molecule has 0 unspecified atom stereocenters. The van der Waals surface area contributed by atoms with Gasteiger partial charge in [-0.3, -0.25) is 4.90 Å². The molecular weight excluding hydrogens is 194 g/mol. The van der Waals surface area contributed by atoms with Gasteiger partial charge >= 0.3 is 0 Å². The van der Waals surface area contributed by atoms with E-state index in [1.54, 1.807) is 0 Å². The van der Waals surface area contributed by atoms with Crippen molar-refractivity contribution in [3.05, 3.63) is 35.9 Å². The Bertz CT molecular complexity index is 230. The molecule has 0 aliphatic carbocycles. The fourth-order valence-electron chi connectivity index (χ4n) is 1.57. The summed E-state index contributed by atoms with van der Waals surface area (Å²) in [5.74, 6) is 0.